The van der Waals surface area contributed by atoms with Crippen LogP contribution in [0.15, 0.2) is 0 Å². The predicted octanol–water partition coefficient (Wildman–Crippen LogP) is 2.07. The molecule has 2 N–H and O–H groups in total. The minimum atomic E-state index is -0.0647. The summed E-state index contributed by atoms with van der Waals surface area (Å²) in [5.41, 5.74) is -0.0647. The fraction of sp³-hybridized carbons (Fsp3) is 0.929. The molecule has 1 aliphatic carbocycles. The zero-order valence-corrected chi connectivity index (χ0v) is 11.1. The maximum atomic E-state index is 12.1. The van der Waals surface area contributed by atoms with E-state index in [0.717, 1.165) is 38.3 Å². The summed E-state index contributed by atoms with van der Waals surface area (Å²) in [6, 6.07) is 0. The van der Waals surface area contributed by atoms with E-state index in [-0.39, 0.29) is 5.41 Å². The molecular weight excluding hydrogens is 212 g/mol. The molecule has 2 aliphatic rings. The van der Waals surface area contributed by atoms with E-state index in [1.165, 1.54) is 32.2 Å². The van der Waals surface area contributed by atoms with Crippen LogP contribution in [-0.4, -0.2) is 25.5 Å². The molecule has 1 saturated heterocycles. The third-order valence-corrected chi connectivity index (χ3v) is 4.49. The number of carbonyl (C=O) groups excluding carboxylic acids is 1. The summed E-state index contributed by atoms with van der Waals surface area (Å²) in [6.07, 6.45) is 8.33. The van der Waals surface area contributed by atoms with Crippen molar-refractivity contribution in [3.05, 3.63) is 0 Å². The molecule has 0 radical (unpaired) electrons. The fourth-order valence-electron chi connectivity index (χ4n) is 3.16. The van der Waals surface area contributed by atoms with E-state index in [1.54, 1.807) is 0 Å². The van der Waals surface area contributed by atoms with Gasteiger partial charge in [-0.2, -0.15) is 0 Å². The number of hydrogen-bond acceptors (Lipinski definition) is 2. The SMILES string of the molecule is CC1(C(=O)NCCC2CCCNC2)CCCC1. The average Bonchev–Trinajstić information content (AvgIpc) is 2.79. The van der Waals surface area contributed by atoms with Gasteiger partial charge < -0.3 is 10.6 Å². The lowest BCUT2D eigenvalue weighted by atomic mass is 9.87. The van der Waals surface area contributed by atoms with Crippen molar-refractivity contribution in [3.63, 3.8) is 0 Å². The van der Waals surface area contributed by atoms with Gasteiger partial charge in [-0.3, -0.25) is 4.79 Å². The predicted molar refractivity (Wildman–Crippen MR) is 69.8 cm³/mol. The quantitative estimate of drug-likeness (QED) is 0.787. The maximum Gasteiger partial charge on any atom is 0.225 e. The van der Waals surface area contributed by atoms with Crippen molar-refractivity contribution >= 4 is 5.91 Å². The molecule has 0 aromatic rings. The molecule has 98 valence electrons. The first kappa shape index (κ1) is 12.9. The Labute approximate surface area is 105 Å². The molecule has 0 bridgehead atoms. The van der Waals surface area contributed by atoms with Crippen LogP contribution in [0.3, 0.4) is 0 Å². The number of amides is 1. The van der Waals surface area contributed by atoms with Gasteiger partial charge in [0.05, 0.1) is 0 Å². The molecule has 1 aliphatic heterocycles. The van der Waals surface area contributed by atoms with Crippen molar-refractivity contribution in [2.45, 2.75) is 51.9 Å². The Morgan fingerprint density at radius 2 is 2.12 bits per heavy atom. The van der Waals surface area contributed by atoms with Crippen molar-refractivity contribution < 1.29 is 4.79 Å². The Morgan fingerprint density at radius 1 is 1.35 bits per heavy atom. The molecule has 3 heteroatoms. The van der Waals surface area contributed by atoms with Crippen molar-refractivity contribution in [2.24, 2.45) is 11.3 Å². The summed E-state index contributed by atoms with van der Waals surface area (Å²) >= 11 is 0. The third kappa shape index (κ3) is 3.44. The number of piperidine rings is 1. The van der Waals surface area contributed by atoms with Gasteiger partial charge in [0.25, 0.3) is 0 Å². The van der Waals surface area contributed by atoms with Gasteiger partial charge in [0.1, 0.15) is 0 Å². The lowest BCUT2D eigenvalue weighted by Gasteiger charge is -2.25. The smallest absolute Gasteiger partial charge is 0.225 e. The Kier molecular flexibility index (Phi) is 4.43. The van der Waals surface area contributed by atoms with E-state index in [9.17, 15) is 4.79 Å². The van der Waals surface area contributed by atoms with Crippen molar-refractivity contribution in [1.29, 1.82) is 0 Å². The zero-order valence-electron chi connectivity index (χ0n) is 11.1. The van der Waals surface area contributed by atoms with Gasteiger partial charge in [0.2, 0.25) is 5.91 Å². The third-order valence-electron chi connectivity index (χ3n) is 4.49. The molecular formula is C14H26N2O. The molecule has 0 aromatic heterocycles. The summed E-state index contributed by atoms with van der Waals surface area (Å²) in [6.45, 7) is 5.28. The van der Waals surface area contributed by atoms with Crippen LogP contribution >= 0.6 is 0 Å². The topological polar surface area (TPSA) is 41.1 Å². The zero-order chi connectivity index (χ0) is 12.1. The normalized spacial score (nSPS) is 27.9. The first-order valence-corrected chi connectivity index (χ1v) is 7.20. The van der Waals surface area contributed by atoms with Gasteiger partial charge in [0, 0.05) is 12.0 Å². The van der Waals surface area contributed by atoms with Crippen LogP contribution in [0.2, 0.25) is 0 Å². The van der Waals surface area contributed by atoms with Crippen LogP contribution in [0.25, 0.3) is 0 Å². The number of hydrogen-bond donors (Lipinski definition) is 2. The van der Waals surface area contributed by atoms with Gasteiger partial charge in [0.15, 0.2) is 0 Å². The Balaban J connectivity index is 1.65. The van der Waals surface area contributed by atoms with Gasteiger partial charge >= 0.3 is 0 Å². The highest BCUT2D eigenvalue weighted by Crippen LogP contribution is 2.37. The van der Waals surface area contributed by atoms with E-state index < -0.39 is 0 Å². The molecule has 0 aromatic carbocycles. The van der Waals surface area contributed by atoms with E-state index in [1.807, 2.05) is 0 Å². The summed E-state index contributed by atoms with van der Waals surface area (Å²) in [5.74, 6) is 1.05. The molecule has 17 heavy (non-hydrogen) atoms. The van der Waals surface area contributed by atoms with Crippen LogP contribution in [0.5, 0.6) is 0 Å². The minimum Gasteiger partial charge on any atom is -0.356 e. The van der Waals surface area contributed by atoms with E-state index in [0.29, 0.717) is 5.91 Å². The van der Waals surface area contributed by atoms with Crippen LogP contribution in [0.4, 0.5) is 0 Å². The van der Waals surface area contributed by atoms with Crippen LogP contribution in [0.1, 0.15) is 51.9 Å². The largest absolute Gasteiger partial charge is 0.356 e. The number of nitrogens with one attached hydrogen (secondary N) is 2. The summed E-state index contributed by atoms with van der Waals surface area (Å²) in [5, 5.41) is 6.57. The molecule has 3 nitrogen and oxygen atoms in total. The standard InChI is InChI=1S/C14H26N2O/c1-14(7-2-3-8-14)13(17)16-10-6-12-5-4-9-15-11-12/h12,15H,2-11H2,1H3,(H,16,17). The highest BCUT2D eigenvalue weighted by Gasteiger charge is 2.35. The van der Waals surface area contributed by atoms with Crippen LogP contribution in [0, 0.1) is 11.3 Å². The molecule has 1 unspecified atom stereocenters. The molecule has 2 fully saturated rings. The maximum absolute atomic E-state index is 12.1. The molecule has 1 amide bonds. The first-order chi connectivity index (χ1) is 8.21. The molecule has 1 heterocycles. The molecule has 2 rings (SSSR count). The van der Waals surface area contributed by atoms with Crippen molar-refractivity contribution in [2.75, 3.05) is 19.6 Å². The first-order valence-electron chi connectivity index (χ1n) is 7.20. The monoisotopic (exact) mass is 238 g/mol. The number of carbonyl (C=O) groups is 1. The molecule has 1 saturated carbocycles. The molecule has 1 atom stereocenters. The van der Waals surface area contributed by atoms with Gasteiger partial charge in [-0.15, -0.1) is 0 Å². The van der Waals surface area contributed by atoms with Crippen LogP contribution in [-0.2, 0) is 4.79 Å². The minimum absolute atomic E-state index is 0.0647. The second kappa shape index (κ2) is 5.85. The van der Waals surface area contributed by atoms with E-state index in [4.69, 9.17) is 0 Å². The van der Waals surface area contributed by atoms with Gasteiger partial charge in [-0.1, -0.05) is 19.8 Å². The number of rotatable bonds is 4. The van der Waals surface area contributed by atoms with E-state index >= 15 is 0 Å². The second-order valence-electron chi connectivity index (χ2n) is 6.02. The van der Waals surface area contributed by atoms with Crippen molar-refractivity contribution in [1.82, 2.24) is 10.6 Å². The van der Waals surface area contributed by atoms with E-state index in [2.05, 4.69) is 17.6 Å². The summed E-state index contributed by atoms with van der Waals surface area (Å²) < 4.78 is 0. The summed E-state index contributed by atoms with van der Waals surface area (Å²) in [7, 11) is 0. The Hall–Kier alpha value is -0.570. The van der Waals surface area contributed by atoms with Crippen molar-refractivity contribution in [3.8, 4) is 0 Å². The Morgan fingerprint density at radius 3 is 2.76 bits per heavy atom. The highest BCUT2D eigenvalue weighted by molar-refractivity contribution is 5.82. The van der Waals surface area contributed by atoms with Gasteiger partial charge in [-0.05, 0) is 51.1 Å². The highest BCUT2D eigenvalue weighted by atomic mass is 16.2. The van der Waals surface area contributed by atoms with Gasteiger partial charge in [-0.25, -0.2) is 0 Å². The lowest BCUT2D eigenvalue weighted by Crippen LogP contribution is -2.39. The fourth-order valence-corrected chi connectivity index (χ4v) is 3.16. The second-order valence-corrected chi connectivity index (χ2v) is 6.02. The average molecular weight is 238 g/mol. The Bertz CT molecular complexity index is 253. The summed E-state index contributed by atoms with van der Waals surface area (Å²) in [4.78, 5) is 12.1. The van der Waals surface area contributed by atoms with Crippen LogP contribution < -0.4 is 10.6 Å². The molecule has 0 spiro atoms. The lowest BCUT2D eigenvalue weighted by molar-refractivity contribution is -0.129.